The second-order valence-corrected chi connectivity index (χ2v) is 6.86. The van der Waals surface area contributed by atoms with Crippen LogP contribution in [0.5, 0.6) is 5.75 Å². The number of rotatable bonds is 8. The van der Waals surface area contributed by atoms with E-state index in [9.17, 15) is 5.26 Å². The van der Waals surface area contributed by atoms with Crippen LogP contribution >= 0.6 is 11.6 Å². The van der Waals surface area contributed by atoms with Gasteiger partial charge >= 0.3 is 0 Å². The maximum Gasteiger partial charge on any atom is 0.233 e. The van der Waals surface area contributed by atoms with Crippen LogP contribution in [0.25, 0.3) is 11.6 Å². The lowest BCUT2D eigenvalue weighted by Gasteiger charge is -2.19. The number of nitrogens with one attached hydrogen (secondary N) is 1. The van der Waals surface area contributed by atoms with Crippen molar-refractivity contribution in [2.24, 2.45) is 0 Å². The van der Waals surface area contributed by atoms with Crippen LogP contribution < -0.4 is 15.0 Å². The normalized spacial score (nSPS) is 11.0. The van der Waals surface area contributed by atoms with Crippen LogP contribution in [0.1, 0.15) is 25.0 Å². The van der Waals surface area contributed by atoms with Crippen molar-refractivity contribution in [3.05, 3.63) is 64.9 Å². The summed E-state index contributed by atoms with van der Waals surface area (Å²) in [4.78, 5) is 14.8. The van der Waals surface area contributed by atoms with Crippen LogP contribution in [-0.4, -0.2) is 35.2 Å². The van der Waals surface area contributed by atoms with Gasteiger partial charge in [-0.25, -0.2) is 0 Å². The third-order valence-corrected chi connectivity index (χ3v) is 4.81. The minimum absolute atomic E-state index is 0.118. The summed E-state index contributed by atoms with van der Waals surface area (Å²) in [6.45, 7) is 5.56. The van der Waals surface area contributed by atoms with E-state index in [1.165, 1.54) is 0 Å². The van der Waals surface area contributed by atoms with E-state index in [0.29, 0.717) is 23.2 Å². The Hall–Kier alpha value is -3.63. The first-order valence-corrected chi connectivity index (χ1v) is 10.2. The van der Waals surface area contributed by atoms with Crippen LogP contribution in [0.15, 0.2) is 48.5 Å². The molecule has 8 heteroatoms. The van der Waals surface area contributed by atoms with Crippen molar-refractivity contribution < 1.29 is 4.74 Å². The zero-order chi connectivity index (χ0) is 22.2. The molecule has 0 aliphatic rings. The second kappa shape index (κ2) is 10.4. The molecule has 1 aromatic heterocycles. The summed E-state index contributed by atoms with van der Waals surface area (Å²) in [5.41, 5.74) is 2.90. The van der Waals surface area contributed by atoms with Crippen molar-refractivity contribution in [3.63, 3.8) is 0 Å². The zero-order valence-corrected chi connectivity index (χ0v) is 18.4. The number of hydrogen-bond acceptors (Lipinski definition) is 7. The molecule has 0 unspecified atom stereocenters. The third kappa shape index (κ3) is 5.50. The van der Waals surface area contributed by atoms with Crippen molar-refractivity contribution in [3.8, 4) is 11.8 Å². The monoisotopic (exact) mass is 434 g/mol. The van der Waals surface area contributed by atoms with E-state index in [1.54, 1.807) is 13.2 Å². The van der Waals surface area contributed by atoms with Gasteiger partial charge in [-0.15, -0.1) is 0 Å². The summed E-state index contributed by atoms with van der Waals surface area (Å²) in [5.74, 6) is 1.47. The van der Waals surface area contributed by atoms with Gasteiger partial charge in [-0.2, -0.15) is 20.2 Å². The summed E-state index contributed by atoms with van der Waals surface area (Å²) in [6, 6.07) is 17.3. The molecule has 31 heavy (non-hydrogen) atoms. The van der Waals surface area contributed by atoms with E-state index in [2.05, 4.69) is 26.3 Å². The lowest BCUT2D eigenvalue weighted by Crippen LogP contribution is -2.24. The van der Waals surface area contributed by atoms with Crippen LogP contribution in [-0.2, 0) is 0 Å². The van der Waals surface area contributed by atoms with E-state index in [4.69, 9.17) is 16.3 Å². The zero-order valence-electron chi connectivity index (χ0n) is 17.6. The maximum absolute atomic E-state index is 9.58. The highest BCUT2D eigenvalue weighted by Crippen LogP contribution is 2.29. The molecule has 2 aromatic carbocycles. The molecule has 0 spiro atoms. The average Bonchev–Trinajstić information content (AvgIpc) is 2.79. The fourth-order valence-electron chi connectivity index (χ4n) is 3.03. The number of aromatic nitrogens is 3. The first kappa shape index (κ1) is 22.1. The third-order valence-electron chi connectivity index (χ3n) is 4.64. The minimum atomic E-state index is 0.118. The molecule has 0 saturated heterocycles. The Labute approximate surface area is 187 Å². The molecule has 3 rings (SSSR count). The van der Waals surface area contributed by atoms with E-state index in [-0.39, 0.29) is 5.28 Å². The number of nitrogens with zero attached hydrogens (tertiary/aromatic N) is 5. The van der Waals surface area contributed by atoms with Gasteiger partial charge in [-0.1, -0.05) is 30.3 Å². The summed E-state index contributed by atoms with van der Waals surface area (Å²) in [6.07, 6.45) is 1.80. The van der Waals surface area contributed by atoms with Crippen molar-refractivity contribution in [2.45, 2.75) is 13.8 Å². The van der Waals surface area contributed by atoms with Gasteiger partial charge < -0.3 is 15.0 Å². The molecule has 158 valence electrons. The molecule has 0 fully saturated rings. The van der Waals surface area contributed by atoms with Gasteiger partial charge in [0.05, 0.1) is 18.8 Å². The SMILES string of the molecule is CCN(CC)c1nc(Cl)nc(Nc2ccc(/C=C(\C#N)c3ccccc3)c(OC)c2)n1. The van der Waals surface area contributed by atoms with E-state index in [0.717, 1.165) is 29.9 Å². The van der Waals surface area contributed by atoms with Gasteiger partial charge in [0.25, 0.3) is 0 Å². The lowest BCUT2D eigenvalue weighted by molar-refractivity contribution is 0.414. The van der Waals surface area contributed by atoms with Gasteiger partial charge in [0.15, 0.2) is 0 Å². The highest BCUT2D eigenvalue weighted by atomic mass is 35.5. The molecule has 0 atom stereocenters. The van der Waals surface area contributed by atoms with Crippen molar-refractivity contribution in [1.29, 1.82) is 5.26 Å². The van der Waals surface area contributed by atoms with Crippen LogP contribution in [0.2, 0.25) is 5.28 Å². The van der Waals surface area contributed by atoms with Crippen LogP contribution in [0, 0.1) is 11.3 Å². The minimum Gasteiger partial charge on any atom is -0.496 e. The van der Waals surface area contributed by atoms with Crippen molar-refractivity contribution >= 4 is 40.8 Å². The Morgan fingerprint density at radius 1 is 1.13 bits per heavy atom. The smallest absolute Gasteiger partial charge is 0.233 e. The van der Waals surface area contributed by atoms with Crippen molar-refractivity contribution in [2.75, 3.05) is 30.4 Å². The Kier molecular flexibility index (Phi) is 7.41. The molecule has 0 aliphatic heterocycles. The first-order chi connectivity index (χ1) is 15.1. The fraction of sp³-hybridized carbons (Fsp3) is 0.217. The topological polar surface area (TPSA) is 87.0 Å². The molecule has 1 N–H and O–H groups in total. The Morgan fingerprint density at radius 3 is 2.52 bits per heavy atom. The molecule has 1 heterocycles. The van der Waals surface area contributed by atoms with Gasteiger partial charge in [0.2, 0.25) is 17.2 Å². The molecule has 7 nitrogen and oxygen atoms in total. The quantitative estimate of drug-likeness (QED) is 0.385. The summed E-state index contributed by atoms with van der Waals surface area (Å²) < 4.78 is 5.54. The standard InChI is InChI=1S/C23H23ClN6O/c1-4-30(5-2)23-28-21(24)27-22(29-23)26-19-12-11-17(20(14-19)31-3)13-18(15-25)16-9-7-6-8-10-16/h6-14H,4-5H2,1-3H3,(H,26,27,28,29)/b18-13+. The number of hydrogen-bond donors (Lipinski definition) is 1. The van der Waals surface area contributed by atoms with Crippen LogP contribution in [0.4, 0.5) is 17.6 Å². The highest BCUT2D eigenvalue weighted by molar-refractivity contribution is 6.28. The summed E-state index contributed by atoms with van der Waals surface area (Å²) in [5, 5.41) is 12.8. The first-order valence-electron chi connectivity index (χ1n) is 9.86. The van der Waals surface area contributed by atoms with Gasteiger partial charge in [-0.3, -0.25) is 0 Å². The number of methoxy groups -OCH3 is 1. The number of ether oxygens (including phenoxy) is 1. The lowest BCUT2D eigenvalue weighted by atomic mass is 10.0. The number of benzene rings is 2. The van der Waals surface area contributed by atoms with E-state index < -0.39 is 0 Å². The predicted molar refractivity (Wildman–Crippen MR) is 125 cm³/mol. The number of halogens is 1. The molecule has 0 radical (unpaired) electrons. The van der Waals surface area contributed by atoms with E-state index in [1.807, 2.05) is 67.3 Å². The highest BCUT2D eigenvalue weighted by Gasteiger charge is 2.12. The maximum atomic E-state index is 9.58. The van der Waals surface area contributed by atoms with Crippen LogP contribution in [0.3, 0.4) is 0 Å². The Bertz CT molecular complexity index is 1110. The van der Waals surface area contributed by atoms with Crippen molar-refractivity contribution in [1.82, 2.24) is 15.0 Å². The summed E-state index contributed by atoms with van der Waals surface area (Å²) in [7, 11) is 1.59. The molecule has 0 aliphatic carbocycles. The Balaban J connectivity index is 1.90. The number of allylic oxidation sites excluding steroid dienone is 1. The largest absolute Gasteiger partial charge is 0.496 e. The van der Waals surface area contributed by atoms with E-state index >= 15 is 0 Å². The fourth-order valence-corrected chi connectivity index (χ4v) is 3.19. The summed E-state index contributed by atoms with van der Waals surface area (Å²) >= 11 is 6.10. The molecule has 3 aromatic rings. The molecular weight excluding hydrogens is 412 g/mol. The number of nitriles is 1. The predicted octanol–water partition coefficient (Wildman–Crippen LogP) is 5.19. The molecule has 0 saturated carbocycles. The number of anilines is 3. The van der Waals surface area contributed by atoms with Gasteiger partial charge in [0, 0.05) is 30.4 Å². The molecule has 0 bridgehead atoms. The molecular formula is C23H23ClN6O. The average molecular weight is 435 g/mol. The second-order valence-electron chi connectivity index (χ2n) is 6.52. The molecule has 0 amide bonds. The van der Waals surface area contributed by atoms with Gasteiger partial charge in [0.1, 0.15) is 5.75 Å². The van der Waals surface area contributed by atoms with Gasteiger partial charge in [-0.05, 0) is 49.2 Å². The Morgan fingerprint density at radius 2 is 1.87 bits per heavy atom.